The summed E-state index contributed by atoms with van der Waals surface area (Å²) in [6.45, 7) is 25.4. The third kappa shape index (κ3) is 8.84. The van der Waals surface area contributed by atoms with Crippen LogP contribution in [0.15, 0.2) is 12.2 Å². The molecular formula is C46H79NO10. The molecule has 328 valence electrons. The SMILES string of the molecule is CC[C@@H](C(=O)[C@H](C)[C@H](O)[C@@H](C)[C@H]1O[C@H]([C@@H](CC)C(=O)N(CC)CC)CC[C@H]1C)C1O[C@]2(C=C[C@@H](O)[C@]3(CC[C@@](C)([C@H]4CC[C@](O)(CC)[C@H](C)O4)O3)O2)[C@H](C)C[C@@H]1C. The van der Waals surface area contributed by atoms with Crippen LogP contribution < -0.4 is 0 Å². The van der Waals surface area contributed by atoms with Gasteiger partial charge in [0.2, 0.25) is 11.7 Å². The maximum Gasteiger partial charge on any atom is 0.228 e. The largest absolute Gasteiger partial charge is 0.392 e. The lowest BCUT2D eigenvalue weighted by molar-refractivity contribution is -0.409. The predicted molar refractivity (Wildman–Crippen MR) is 219 cm³/mol. The van der Waals surface area contributed by atoms with Gasteiger partial charge in [-0.3, -0.25) is 9.59 Å². The van der Waals surface area contributed by atoms with Crippen LogP contribution in [0.5, 0.6) is 0 Å². The monoisotopic (exact) mass is 806 g/mol. The molecule has 5 aliphatic rings. The number of nitrogens with zero attached hydrogens (tertiary/aromatic N) is 1. The van der Waals surface area contributed by atoms with Gasteiger partial charge in [-0.2, -0.15) is 0 Å². The van der Waals surface area contributed by atoms with Crippen molar-refractivity contribution in [3.05, 3.63) is 12.2 Å². The molecule has 0 aliphatic carbocycles. The van der Waals surface area contributed by atoms with E-state index in [0.717, 1.165) is 19.3 Å². The number of carbonyl (C=O) groups is 2. The maximum absolute atomic E-state index is 14.6. The van der Waals surface area contributed by atoms with E-state index in [1.54, 1.807) is 6.08 Å². The standard InChI is InChI=1S/C46H79NO10/c1-13-33(42(51)47(16-4)17-5)35-19-18-27(6)40(54-35)31(10)38(49)30(9)39(50)34(14-2)41-28(7)26-29(8)45(55-41)23-20-36(48)46(57-45)25-24-43(12,56-46)37-21-22-44(52,15-3)32(11)53-37/h20,23,27-38,40-41,48-49,52H,13-19,21-22,24-26H2,1-12H3/t27-,28+,29-,30-,31-,32+,33-,34+,35+,36-,37-,38+,40+,41?,43+,44-,45+,46+/m1/s1. The van der Waals surface area contributed by atoms with Gasteiger partial charge in [-0.25, -0.2) is 0 Å². The van der Waals surface area contributed by atoms with Gasteiger partial charge < -0.3 is 43.9 Å². The van der Waals surface area contributed by atoms with Crippen molar-refractivity contribution < 1.29 is 48.6 Å². The minimum absolute atomic E-state index is 0.0297. The van der Waals surface area contributed by atoms with Gasteiger partial charge in [-0.15, -0.1) is 0 Å². The smallest absolute Gasteiger partial charge is 0.228 e. The second-order valence-electron chi connectivity index (χ2n) is 19.1. The molecule has 0 aromatic heterocycles. The normalized spacial score (nSPS) is 43.7. The van der Waals surface area contributed by atoms with Crippen molar-refractivity contribution in [3.8, 4) is 0 Å². The number of ketones is 1. The molecule has 18 atom stereocenters. The predicted octanol–water partition coefficient (Wildman–Crippen LogP) is 6.97. The second-order valence-corrected chi connectivity index (χ2v) is 19.1. The van der Waals surface area contributed by atoms with Crippen LogP contribution in [0.4, 0.5) is 0 Å². The van der Waals surface area contributed by atoms with Crippen LogP contribution in [0.1, 0.15) is 147 Å². The van der Waals surface area contributed by atoms with Crippen LogP contribution in [0, 0.1) is 41.4 Å². The summed E-state index contributed by atoms with van der Waals surface area (Å²) in [7, 11) is 0. The first kappa shape index (κ1) is 46.6. The summed E-state index contributed by atoms with van der Waals surface area (Å²) in [5.74, 6) is -4.15. The molecule has 0 aromatic rings. The fraction of sp³-hybridized carbons (Fsp3) is 0.913. The molecule has 5 aliphatic heterocycles. The summed E-state index contributed by atoms with van der Waals surface area (Å²) >= 11 is 0. The highest BCUT2D eigenvalue weighted by Crippen LogP contribution is 2.54. The zero-order valence-corrected chi connectivity index (χ0v) is 37.4. The fourth-order valence-electron chi connectivity index (χ4n) is 11.3. The van der Waals surface area contributed by atoms with E-state index in [9.17, 15) is 24.9 Å². The van der Waals surface area contributed by atoms with E-state index < -0.39 is 52.9 Å². The number of hydrogen-bond acceptors (Lipinski definition) is 10. The van der Waals surface area contributed by atoms with E-state index in [-0.39, 0.29) is 65.7 Å². The topological polar surface area (TPSA) is 144 Å². The second kappa shape index (κ2) is 18.3. The zero-order valence-electron chi connectivity index (χ0n) is 37.4. The Morgan fingerprint density at radius 3 is 2.12 bits per heavy atom. The highest BCUT2D eigenvalue weighted by molar-refractivity contribution is 5.84. The third-order valence-electron chi connectivity index (χ3n) is 15.5. The van der Waals surface area contributed by atoms with E-state index >= 15 is 0 Å². The Morgan fingerprint density at radius 1 is 0.860 bits per heavy atom. The number of hydrogen-bond donors (Lipinski definition) is 3. The Balaban J connectivity index is 1.30. The minimum atomic E-state index is -1.36. The van der Waals surface area contributed by atoms with Crippen LogP contribution in [0.2, 0.25) is 0 Å². The van der Waals surface area contributed by atoms with Gasteiger partial charge in [0.05, 0.1) is 53.7 Å². The molecule has 4 saturated heterocycles. The van der Waals surface area contributed by atoms with Crippen LogP contribution >= 0.6 is 0 Å². The van der Waals surface area contributed by atoms with Gasteiger partial charge in [0, 0.05) is 43.2 Å². The Hall–Kier alpha value is -1.44. The highest BCUT2D eigenvalue weighted by atomic mass is 16.8. The lowest BCUT2D eigenvalue weighted by Gasteiger charge is -2.54. The molecule has 0 saturated carbocycles. The molecule has 0 aromatic carbocycles. The molecule has 1 unspecified atom stereocenters. The Labute approximate surface area is 343 Å². The molecule has 0 bridgehead atoms. The number of aliphatic hydroxyl groups is 3. The minimum Gasteiger partial charge on any atom is -0.392 e. The van der Waals surface area contributed by atoms with Gasteiger partial charge in [0.15, 0.2) is 5.79 Å². The number of ether oxygens (including phenoxy) is 5. The average molecular weight is 806 g/mol. The molecule has 1 amide bonds. The molecule has 3 N–H and O–H groups in total. The molecule has 2 spiro atoms. The van der Waals surface area contributed by atoms with Gasteiger partial charge in [0.25, 0.3) is 0 Å². The van der Waals surface area contributed by atoms with Crippen molar-refractivity contribution in [2.75, 3.05) is 13.1 Å². The molecule has 0 radical (unpaired) electrons. The Bertz CT molecular complexity index is 1410. The number of Topliss-reactive ketones (excluding diaryl/α,β-unsaturated/α-hetero) is 1. The van der Waals surface area contributed by atoms with Crippen LogP contribution in [0.3, 0.4) is 0 Å². The van der Waals surface area contributed by atoms with Crippen molar-refractivity contribution >= 4 is 11.7 Å². The van der Waals surface area contributed by atoms with E-state index in [0.29, 0.717) is 58.0 Å². The van der Waals surface area contributed by atoms with Crippen molar-refractivity contribution in [2.24, 2.45) is 41.4 Å². The van der Waals surface area contributed by atoms with Crippen molar-refractivity contribution in [2.45, 2.75) is 213 Å². The summed E-state index contributed by atoms with van der Waals surface area (Å²) in [6.07, 6.45) is 6.45. The molecule has 5 rings (SSSR count). The third-order valence-corrected chi connectivity index (χ3v) is 15.5. The van der Waals surface area contributed by atoms with Gasteiger partial charge in [-0.1, -0.05) is 55.4 Å². The summed E-state index contributed by atoms with van der Waals surface area (Å²) in [6, 6.07) is 0. The molecule has 11 nitrogen and oxygen atoms in total. The van der Waals surface area contributed by atoms with E-state index in [1.807, 2.05) is 73.3 Å². The molecule has 5 heterocycles. The van der Waals surface area contributed by atoms with E-state index in [4.69, 9.17) is 23.7 Å². The molecular weight excluding hydrogens is 727 g/mol. The van der Waals surface area contributed by atoms with Crippen molar-refractivity contribution in [1.29, 1.82) is 0 Å². The first-order valence-corrected chi connectivity index (χ1v) is 22.8. The first-order valence-electron chi connectivity index (χ1n) is 22.8. The first-order chi connectivity index (χ1) is 26.8. The maximum atomic E-state index is 14.6. The molecule has 4 fully saturated rings. The number of aliphatic hydroxyl groups excluding tert-OH is 2. The zero-order chi connectivity index (χ0) is 42.2. The summed E-state index contributed by atoms with van der Waals surface area (Å²) < 4.78 is 34.0. The highest BCUT2D eigenvalue weighted by Gasteiger charge is 2.63. The van der Waals surface area contributed by atoms with Crippen LogP contribution in [-0.2, 0) is 33.3 Å². The lowest BCUT2D eigenvalue weighted by atomic mass is 9.72. The van der Waals surface area contributed by atoms with Crippen molar-refractivity contribution in [1.82, 2.24) is 4.90 Å². The number of rotatable bonds is 14. The Kier molecular flexibility index (Phi) is 14.9. The molecule has 57 heavy (non-hydrogen) atoms. The fourth-order valence-corrected chi connectivity index (χ4v) is 11.3. The quantitative estimate of drug-likeness (QED) is 0.158. The number of carbonyl (C=O) groups excluding carboxylic acids is 2. The lowest BCUT2D eigenvalue weighted by Crippen LogP contribution is -2.63. The Morgan fingerprint density at radius 2 is 1.53 bits per heavy atom. The average Bonchev–Trinajstić information content (AvgIpc) is 3.54. The summed E-state index contributed by atoms with van der Waals surface area (Å²) in [5.41, 5.74) is -1.62. The van der Waals surface area contributed by atoms with Gasteiger partial charge in [-0.05, 0) is 109 Å². The van der Waals surface area contributed by atoms with Crippen LogP contribution in [-0.4, -0.2) is 111 Å². The van der Waals surface area contributed by atoms with Gasteiger partial charge >= 0.3 is 0 Å². The number of amides is 1. The van der Waals surface area contributed by atoms with E-state index in [1.165, 1.54) is 0 Å². The summed E-state index contributed by atoms with van der Waals surface area (Å²) in [5, 5.41) is 34.5. The summed E-state index contributed by atoms with van der Waals surface area (Å²) in [4.78, 5) is 29.9. The van der Waals surface area contributed by atoms with Crippen molar-refractivity contribution in [3.63, 3.8) is 0 Å². The van der Waals surface area contributed by atoms with Crippen LogP contribution in [0.25, 0.3) is 0 Å². The van der Waals surface area contributed by atoms with Gasteiger partial charge in [0.1, 0.15) is 11.9 Å². The van der Waals surface area contributed by atoms with E-state index in [2.05, 4.69) is 20.8 Å². The molecule has 11 heteroatoms.